The summed E-state index contributed by atoms with van der Waals surface area (Å²) in [5, 5.41) is 18.6. The summed E-state index contributed by atoms with van der Waals surface area (Å²) in [5.41, 5.74) is 0.885. The Bertz CT molecular complexity index is 605. The van der Waals surface area contributed by atoms with Crippen molar-refractivity contribution in [3.05, 3.63) is 28.6 Å². The van der Waals surface area contributed by atoms with Crippen molar-refractivity contribution in [3.8, 4) is 23.4 Å². The molecule has 0 saturated heterocycles. The number of halogens is 1. The van der Waals surface area contributed by atoms with Gasteiger partial charge in [0.25, 0.3) is 5.88 Å². The molecule has 6 nitrogen and oxygen atoms in total. The van der Waals surface area contributed by atoms with Crippen LogP contribution in [0.15, 0.2) is 23.1 Å². The van der Waals surface area contributed by atoms with Crippen molar-refractivity contribution < 1.29 is 14.9 Å². The third-order valence-electron chi connectivity index (χ3n) is 2.43. The van der Waals surface area contributed by atoms with Crippen LogP contribution in [0.4, 0.5) is 0 Å². The molecule has 19 heavy (non-hydrogen) atoms. The number of hydrogen-bond acceptors (Lipinski definition) is 6. The van der Waals surface area contributed by atoms with E-state index < -0.39 is 11.9 Å². The van der Waals surface area contributed by atoms with Gasteiger partial charge in [0.05, 0.1) is 6.20 Å². The van der Waals surface area contributed by atoms with E-state index in [-0.39, 0.29) is 11.7 Å². The normalized spacial score (nSPS) is 10.7. The van der Waals surface area contributed by atoms with Crippen molar-refractivity contribution in [2.45, 2.75) is 19.8 Å². The molecule has 7 heteroatoms. The van der Waals surface area contributed by atoms with Crippen LogP contribution < -0.4 is 4.74 Å². The van der Waals surface area contributed by atoms with Gasteiger partial charge in [0.1, 0.15) is 10.4 Å². The minimum atomic E-state index is -0.509. The fourth-order valence-corrected chi connectivity index (χ4v) is 1.80. The van der Waals surface area contributed by atoms with Crippen molar-refractivity contribution in [1.29, 1.82) is 0 Å². The fourth-order valence-electron chi connectivity index (χ4n) is 1.49. The van der Waals surface area contributed by atoms with Crippen LogP contribution in [0.1, 0.15) is 25.3 Å². The van der Waals surface area contributed by atoms with Crippen LogP contribution in [-0.2, 0) is 0 Å². The fraction of sp³-hybridized carbons (Fsp3) is 0.250. The smallest absolute Gasteiger partial charge is 0.317 e. The highest BCUT2D eigenvalue weighted by molar-refractivity contribution is 9.10. The van der Waals surface area contributed by atoms with Crippen molar-refractivity contribution in [3.63, 3.8) is 0 Å². The first-order valence-electron chi connectivity index (χ1n) is 5.55. The molecule has 0 radical (unpaired) electrons. The molecular formula is C12H12BrN3O3. The SMILES string of the molecule is CC(C)c1cnc(Br)cc1Oc1cnc(O)nc1O. The van der Waals surface area contributed by atoms with Crippen LogP contribution in [-0.4, -0.2) is 25.2 Å². The number of aromatic nitrogens is 3. The van der Waals surface area contributed by atoms with Crippen molar-refractivity contribution >= 4 is 15.9 Å². The van der Waals surface area contributed by atoms with E-state index in [2.05, 4.69) is 30.9 Å². The first-order valence-corrected chi connectivity index (χ1v) is 6.35. The van der Waals surface area contributed by atoms with Gasteiger partial charge >= 0.3 is 6.01 Å². The second kappa shape index (κ2) is 5.40. The van der Waals surface area contributed by atoms with Gasteiger partial charge in [-0.3, -0.25) is 0 Å². The van der Waals surface area contributed by atoms with Crippen LogP contribution in [0.3, 0.4) is 0 Å². The molecule has 0 unspecified atom stereocenters. The minimum Gasteiger partial charge on any atom is -0.490 e. The third kappa shape index (κ3) is 3.11. The van der Waals surface area contributed by atoms with E-state index in [4.69, 9.17) is 9.84 Å². The predicted molar refractivity (Wildman–Crippen MR) is 71.5 cm³/mol. The molecule has 0 aliphatic rings. The lowest BCUT2D eigenvalue weighted by atomic mass is 10.1. The van der Waals surface area contributed by atoms with Crippen molar-refractivity contribution in [2.75, 3.05) is 0 Å². The van der Waals surface area contributed by atoms with E-state index in [0.717, 1.165) is 5.56 Å². The second-order valence-corrected chi connectivity index (χ2v) is 4.97. The lowest BCUT2D eigenvalue weighted by molar-refractivity contribution is 0.364. The zero-order valence-electron chi connectivity index (χ0n) is 10.3. The Kier molecular flexibility index (Phi) is 3.84. The largest absolute Gasteiger partial charge is 0.490 e. The molecule has 2 rings (SSSR count). The summed E-state index contributed by atoms with van der Waals surface area (Å²) in [5.74, 6) is 0.394. The highest BCUT2D eigenvalue weighted by Gasteiger charge is 2.14. The third-order valence-corrected chi connectivity index (χ3v) is 2.86. The Morgan fingerprint density at radius 2 is 1.89 bits per heavy atom. The summed E-state index contributed by atoms with van der Waals surface area (Å²) >= 11 is 3.26. The molecule has 0 aromatic carbocycles. The summed E-state index contributed by atoms with van der Waals surface area (Å²) in [6.07, 6.45) is 2.90. The van der Waals surface area contributed by atoms with Gasteiger partial charge in [-0.2, -0.15) is 9.97 Å². The maximum absolute atomic E-state index is 9.59. The standard InChI is InChI=1S/C12H12BrN3O3/c1-6(2)7-4-14-10(13)3-8(7)19-9-5-15-12(18)16-11(9)17/h3-6H,1-2H3,(H2,15,16,17,18). The molecule has 0 fully saturated rings. The number of rotatable bonds is 3. The molecule has 0 bridgehead atoms. The number of aromatic hydroxyl groups is 2. The van der Waals surface area contributed by atoms with Gasteiger partial charge in [-0.25, -0.2) is 4.98 Å². The Labute approximate surface area is 118 Å². The van der Waals surface area contributed by atoms with E-state index in [1.54, 1.807) is 12.3 Å². The Morgan fingerprint density at radius 3 is 2.53 bits per heavy atom. The molecule has 2 aromatic rings. The van der Waals surface area contributed by atoms with Gasteiger partial charge in [-0.05, 0) is 21.8 Å². The number of nitrogens with zero attached hydrogens (tertiary/aromatic N) is 3. The van der Waals surface area contributed by atoms with Gasteiger partial charge in [-0.15, -0.1) is 0 Å². The average molecular weight is 326 g/mol. The maximum atomic E-state index is 9.59. The van der Waals surface area contributed by atoms with Gasteiger partial charge < -0.3 is 14.9 Å². The van der Waals surface area contributed by atoms with Crippen LogP contribution in [0.2, 0.25) is 0 Å². The van der Waals surface area contributed by atoms with Crippen molar-refractivity contribution in [1.82, 2.24) is 15.0 Å². The first kappa shape index (κ1) is 13.5. The zero-order valence-corrected chi connectivity index (χ0v) is 11.9. The number of hydrogen-bond donors (Lipinski definition) is 2. The van der Waals surface area contributed by atoms with Gasteiger partial charge in [0.15, 0.2) is 0 Å². The quantitative estimate of drug-likeness (QED) is 0.843. The lowest BCUT2D eigenvalue weighted by Crippen LogP contribution is -1.97. The lowest BCUT2D eigenvalue weighted by Gasteiger charge is -2.13. The van der Waals surface area contributed by atoms with E-state index >= 15 is 0 Å². The van der Waals surface area contributed by atoms with E-state index in [1.165, 1.54) is 6.20 Å². The Balaban J connectivity index is 2.39. The molecule has 2 heterocycles. The molecule has 0 amide bonds. The molecule has 0 atom stereocenters. The number of ether oxygens (including phenoxy) is 1. The van der Waals surface area contributed by atoms with Crippen LogP contribution in [0.25, 0.3) is 0 Å². The maximum Gasteiger partial charge on any atom is 0.317 e. The highest BCUT2D eigenvalue weighted by atomic mass is 79.9. The summed E-state index contributed by atoms with van der Waals surface area (Å²) in [6.45, 7) is 4.01. The molecule has 0 aliphatic heterocycles. The topological polar surface area (TPSA) is 88.4 Å². The van der Waals surface area contributed by atoms with Crippen LogP contribution >= 0.6 is 15.9 Å². The second-order valence-electron chi connectivity index (χ2n) is 4.16. The van der Waals surface area contributed by atoms with Crippen molar-refractivity contribution in [2.24, 2.45) is 0 Å². The highest BCUT2D eigenvalue weighted by Crippen LogP contribution is 2.34. The van der Waals surface area contributed by atoms with E-state index in [0.29, 0.717) is 10.4 Å². The van der Waals surface area contributed by atoms with Gasteiger partial charge in [0, 0.05) is 17.8 Å². The summed E-state index contributed by atoms with van der Waals surface area (Å²) < 4.78 is 6.20. The molecule has 2 N–H and O–H groups in total. The van der Waals surface area contributed by atoms with Crippen LogP contribution in [0, 0.1) is 0 Å². The minimum absolute atomic E-state index is 0.0674. The average Bonchev–Trinajstić information content (AvgIpc) is 2.32. The molecule has 2 aromatic heterocycles. The summed E-state index contributed by atoms with van der Waals surface area (Å²) in [7, 11) is 0. The molecule has 100 valence electrons. The number of pyridine rings is 1. The first-order chi connectivity index (χ1) is 8.97. The monoisotopic (exact) mass is 325 g/mol. The molecule has 0 saturated carbocycles. The van der Waals surface area contributed by atoms with E-state index in [9.17, 15) is 5.11 Å². The van der Waals surface area contributed by atoms with Gasteiger partial charge in [0.2, 0.25) is 5.75 Å². The predicted octanol–water partition coefficient (Wildman–Crippen LogP) is 2.96. The van der Waals surface area contributed by atoms with Crippen LogP contribution in [0.5, 0.6) is 23.4 Å². The molecule has 0 spiro atoms. The Morgan fingerprint density at radius 1 is 1.16 bits per heavy atom. The summed E-state index contributed by atoms with van der Waals surface area (Å²) in [4.78, 5) is 11.1. The zero-order chi connectivity index (χ0) is 14.0. The molecule has 0 aliphatic carbocycles. The molecular weight excluding hydrogens is 314 g/mol. The Hall–Kier alpha value is -1.89. The van der Waals surface area contributed by atoms with E-state index in [1.807, 2.05) is 13.8 Å². The summed E-state index contributed by atoms with van der Waals surface area (Å²) in [6, 6.07) is 1.19. The van der Waals surface area contributed by atoms with Gasteiger partial charge in [-0.1, -0.05) is 13.8 Å².